The molecule has 0 unspecified atom stereocenters. The van der Waals surface area contributed by atoms with Gasteiger partial charge in [-0.1, -0.05) is 0 Å². The summed E-state index contributed by atoms with van der Waals surface area (Å²) >= 11 is 0. The van der Waals surface area contributed by atoms with E-state index in [1.54, 1.807) is 19.2 Å². The Labute approximate surface area is 76.2 Å². The van der Waals surface area contributed by atoms with Crippen LogP contribution in [-0.2, 0) is 4.79 Å². The van der Waals surface area contributed by atoms with Gasteiger partial charge in [0.05, 0.1) is 0 Å². The second-order valence-electron chi connectivity index (χ2n) is 2.13. The second-order valence-corrected chi connectivity index (χ2v) is 2.13. The van der Waals surface area contributed by atoms with Crippen LogP contribution in [0.15, 0.2) is 24.3 Å². The maximum atomic E-state index is 10.9. The van der Waals surface area contributed by atoms with Crippen LogP contribution in [-0.4, -0.2) is 24.9 Å². The molecule has 0 spiro atoms. The molecule has 0 aliphatic heterocycles. The fourth-order valence-electron chi connectivity index (χ4n) is 0.757. The van der Waals surface area contributed by atoms with Gasteiger partial charge in [0.2, 0.25) is 0 Å². The molecule has 0 aromatic heterocycles. The van der Waals surface area contributed by atoms with Gasteiger partial charge >= 0.3 is 0 Å². The van der Waals surface area contributed by atoms with E-state index >= 15 is 0 Å². The van der Waals surface area contributed by atoms with Gasteiger partial charge < -0.3 is 15.2 Å². The molecule has 0 bridgehead atoms. The van der Waals surface area contributed by atoms with Crippen molar-refractivity contribution in [2.45, 2.75) is 0 Å². The maximum absolute atomic E-state index is 10.9. The number of nitrogens with one attached hydrogen (secondary N) is 1. The van der Waals surface area contributed by atoms with Crippen LogP contribution in [0.1, 0.15) is 10.4 Å². The predicted molar refractivity (Wildman–Crippen MR) is 48.6 cm³/mol. The molecule has 4 heteroatoms. The SMILES string of the molecule is C=O.CNC(=O)c1ccc(O)cc1. The Kier molecular flexibility index (Phi) is 4.95. The summed E-state index contributed by atoms with van der Waals surface area (Å²) in [5.74, 6) is 0.0163. The molecule has 0 aliphatic carbocycles. The van der Waals surface area contributed by atoms with Crippen molar-refractivity contribution in [1.82, 2.24) is 5.32 Å². The third-order valence-electron chi connectivity index (χ3n) is 1.36. The van der Waals surface area contributed by atoms with Crippen molar-refractivity contribution in [1.29, 1.82) is 0 Å². The summed E-state index contributed by atoms with van der Waals surface area (Å²) in [4.78, 5) is 18.9. The first-order valence-electron chi connectivity index (χ1n) is 3.54. The summed E-state index contributed by atoms with van der Waals surface area (Å²) in [7, 11) is 1.56. The third-order valence-corrected chi connectivity index (χ3v) is 1.36. The van der Waals surface area contributed by atoms with Crippen LogP contribution in [0.25, 0.3) is 0 Å². The van der Waals surface area contributed by atoms with E-state index in [0.717, 1.165) is 0 Å². The van der Waals surface area contributed by atoms with Crippen LogP contribution >= 0.6 is 0 Å². The molecule has 0 atom stereocenters. The van der Waals surface area contributed by atoms with Crippen LogP contribution in [0, 0.1) is 0 Å². The van der Waals surface area contributed by atoms with Gasteiger partial charge in [0.25, 0.3) is 5.91 Å². The minimum absolute atomic E-state index is 0.148. The monoisotopic (exact) mass is 181 g/mol. The van der Waals surface area contributed by atoms with Crippen LogP contribution in [0.2, 0.25) is 0 Å². The van der Waals surface area contributed by atoms with Crippen molar-refractivity contribution in [3.63, 3.8) is 0 Å². The van der Waals surface area contributed by atoms with Gasteiger partial charge in [-0.15, -0.1) is 0 Å². The highest BCUT2D eigenvalue weighted by atomic mass is 16.3. The van der Waals surface area contributed by atoms with Crippen molar-refractivity contribution in [3.8, 4) is 5.75 Å². The molecule has 2 N–H and O–H groups in total. The molecule has 4 nitrogen and oxygen atoms in total. The molecule has 13 heavy (non-hydrogen) atoms. The van der Waals surface area contributed by atoms with E-state index < -0.39 is 0 Å². The van der Waals surface area contributed by atoms with E-state index in [1.165, 1.54) is 12.1 Å². The molecule has 0 fully saturated rings. The van der Waals surface area contributed by atoms with E-state index in [4.69, 9.17) is 9.90 Å². The normalized spacial score (nSPS) is 8.08. The highest BCUT2D eigenvalue weighted by molar-refractivity contribution is 5.93. The van der Waals surface area contributed by atoms with Crippen molar-refractivity contribution in [3.05, 3.63) is 29.8 Å². The van der Waals surface area contributed by atoms with Crippen molar-refractivity contribution in [2.24, 2.45) is 0 Å². The molecule has 0 saturated heterocycles. The Bertz CT molecular complexity index is 269. The number of hydrogen-bond donors (Lipinski definition) is 2. The average molecular weight is 181 g/mol. The highest BCUT2D eigenvalue weighted by Gasteiger charge is 2.00. The molecule has 0 radical (unpaired) electrons. The average Bonchev–Trinajstić information content (AvgIpc) is 2.21. The lowest BCUT2D eigenvalue weighted by Crippen LogP contribution is -2.17. The van der Waals surface area contributed by atoms with E-state index in [-0.39, 0.29) is 11.7 Å². The lowest BCUT2D eigenvalue weighted by molar-refractivity contribution is -0.0979. The van der Waals surface area contributed by atoms with Gasteiger partial charge in [0.1, 0.15) is 12.5 Å². The minimum Gasteiger partial charge on any atom is -0.508 e. The number of amides is 1. The highest BCUT2D eigenvalue weighted by Crippen LogP contribution is 2.08. The summed E-state index contributed by atoms with van der Waals surface area (Å²) in [5, 5.41) is 11.4. The fraction of sp³-hybridized carbons (Fsp3) is 0.111. The van der Waals surface area contributed by atoms with Crippen LogP contribution in [0.4, 0.5) is 0 Å². The molecule has 1 rings (SSSR count). The van der Waals surface area contributed by atoms with E-state index in [9.17, 15) is 4.79 Å². The second kappa shape index (κ2) is 5.77. The fourth-order valence-corrected chi connectivity index (χ4v) is 0.757. The Morgan fingerprint density at radius 2 is 1.77 bits per heavy atom. The Balaban J connectivity index is 0.000000671. The number of phenolic OH excluding ortho intramolecular Hbond substituents is 1. The van der Waals surface area contributed by atoms with Crippen LogP contribution < -0.4 is 5.32 Å². The lowest BCUT2D eigenvalue weighted by Gasteiger charge is -1.97. The molecule has 0 aliphatic rings. The van der Waals surface area contributed by atoms with Crippen LogP contribution in [0.5, 0.6) is 5.75 Å². The summed E-state index contributed by atoms with van der Waals surface area (Å²) in [6.45, 7) is 2.00. The maximum Gasteiger partial charge on any atom is 0.251 e. The Morgan fingerprint density at radius 3 is 2.15 bits per heavy atom. The van der Waals surface area contributed by atoms with Gasteiger partial charge in [-0.25, -0.2) is 0 Å². The first-order valence-corrected chi connectivity index (χ1v) is 3.54. The van der Waals surface area contributed by atoms with Gasteiger partial charge in [0.15, 0.2) is 0 Å². The van der Waals surface area contributed by atoms with E-state index in [1.807, 2.05) is 6.79 Å². The summed E-state index contributed by atoms with van der Waals surface area (Å²) < 4.78 is 0. The number of rotatable bonds is 1. The topological polar surface area (TPSA) is 66.4 Å². The molecular weight excluding hydrogens is 170 g/mol. The van der Waals surface area contributed by atoms with Crippen molar-refractivity contribution < 1.29 is 14.7 Å². The zero-order valence-electron chi connectivity index (χ0n) is 7.28. The number of aromatic hydroxyl groups is 1. The standard InChI is InChI=1S/C8H9NO2.CH2O/c1-9-8(11)6-2-4-7(10)5-3-6;1-2/h2-5,10H,1H3,(H,9,11);1H2. The van der Waals surface area contributed by atoms with Crippen molar-refractivity contribution in [2.75, 3.05) is 7.05 Å². The number of hydrogen-bond acceptors (Lipinski definition) is 3. The zero-order chi connectivity index (χ0) is 10.3. The number of benzene rings is 1. The summed E-state index contributed by atoms with van der Waals surface area (Å²) in [5.41, 5.74) is 0.547. The number of carbonyl (C=O) groups is 2. The Morgan fingerprint density at radius 1 is 1.31 bits per heavy atom. The van der Waals surface area contributed by atoms with E-state index in [0.29, 0.717) is 5.56 Å². The van der Waals surface area contributed by atoms with Crippen LogP contribution in [0.3, 0.4) is 0 Å². The van der Waals surface area contributed by atoms with Gasteiger partial charge in [-0.3, -0.25) is 4.79 Å². The minimum atomic E-state index is -0.148. The van der Waals surface area contributed by atoms with Gasteiger partial charge in [-0.05, 0) is 24.3 Å². The molecule has 1 aromatic rings. The molecule has 0 saturated carbocycles. The first kappa shape index (κ1) is 11.2. The van der Waals surface area contributed by atoms with Gasteiger partial charge in [0, 0.05) is 12.6 Å². The lowest BCUT2D eigenvalue weighted by atomic mass is 10.2. The summed E-state index contributed by atoms with van der Waals surface area (Å²) in [6, 6.07) is 6.08. The quantitative estimate of drug-likeness (QED) is 0.665. The summed E-state index contributed by atoms with van der Waals surface area (Å²) in [6.07, 6.45) is 0. The third kappa shape index (κ3) is 3.37. The molecule has 1 aromatic carbocycles. The first-order chi connectivity index (χ1) is 6.24. The van der Waals surface area contributed by atoms with E-state index in [2.05, 4.69) is 5.32 Å². The number of phenols is 1. The van der Waals surface area contributed by atoms with Gasteiger partial charge in [-0.2, -0.15) is 0 Å². The smallest absolute Gasteiger partial charge is 0.251 e. The zero-order valence-corrected chi connectivity index (χ0v) is 7.28. The molecule has 1 amide bonds. The largest absolute Gasteiger partial charge is 0.508 e. The molecule has 0 heterocycles. The predicted octanol–water partition coefficient (Wildman–Crippen LogP) is 0.567. The molecular formula is C9H11NO3. The number of carbonyl (C=O) groups excluding carboxylic acids is 2. The van der Waals surface area contributed by atoms with Crippen molar-refractivity contribution >= 4 is 12.7 Å². The molecule has 70 valence electrons. The Hall–Kier alpha value is -1.84.